The van der Waals surface area contributed by atoms with Crippen molar-refractivity contribution < 1.29 is 17.9 Å². The average molecular weight is 415 g/mol. The average Bonchev–Trinajstić information content (AvgIpc) is 2.64. The van der Waals surface area contributed by atoms with Crippen molar-refractivity contribution in [2.75, 3.05) is 26.3 Å². The molecule has 27 heavy (non-hydrogen) atoms. The predicted molar refractivity (Wildman–Crippen MR) is 105 cm³/mol. The molecule has 0 atom stereocenters. The second-order valence-corrected chi connectivity index (χ2v) is 9.49. The molecule has 1 saturated heterocycles. The van der Waals surface area contributed by atoms with Gasteiger partial charge in [0.25, 0.3) is 5.91 Å². The molecule has 0 radical (unpaired) electrons. The first kappa shape index (κ1) is 20.6. The molecule has 2 aliphatic rings. The molecule has 1 heterocycles. The van der Waals surface area contributed by atoms with Crippen LogP contribution in [0.25, 0.3) is 0 Å². The smallest absolute Gasteiger partial charge is 0.251 e. The minimum absolute atomic E-state index is 0.0172. The number of halogens is 1. The molecule has 1 aromatic carbocycles. The van der Waals surface area contributed by atoms with Gasteiger partial charge in [0.15, 0.2) is 0 Å². The van der Waals surface area contributed by atoms with Crippen molar-refractivity contribution in [2.24, 2.45) is 0 Å². The lowest BCUT2D eigenvalue weighted by molar-refractivity contribution is 0.0730. The summed E-state index contributed by atoms with van der Waals surface area (Å²) in [4.78, 5) is 12.7. The molecule has 0 unspecified atom stereocenters. The van der Waals surface area contributed by atoms with E-state index in [1.807, 2.05) is 0 Å². The van der Waals surface area contributed by atoms with E-state index >= 15 is 0 Å². The number of nitrogens with one attached hydrogen (secondary N) is 1. The Labute approximate surface area is 166 Å². The fourth-order valence-electron chi connectivity index (χ4n) is 3.64. The summed E-state index contributed by atoms with van der Waals surface area (Å²) in [6, 6.07) is 4.61. The summed E-state index contributed by atoms with van der Waals surface area (Å²) in [5, 5.41) is 3.20. The minimum atomic E-state index is -3.75. The van der Waals surface area contributed by atoms with Crippen molar-refractivity contribution >= 4 is 27.5 Å². The van der Waals surface area contributed by atoms with E-state index in [1.165, 1.54) is 35.7 Å². The number of ether oxygens (including phenoxy) is 1. The van der Waals surface area contributed by atoms with Crippen LogP contribution in [0.5, 0.6) is 0 Å². The van der Waals surface area contributed by atoms with E-state index in [4.69, 9.17) is 16.3 Å². The molecule has 0 aromatic heterocycles. The summed E-state index contributed by atoms with van der Waals surface area (Å²) >= 11 is 6.17. The molecule has 1 aliphatic carbocycles. The molecule has 1 amide bonds. The zero-order chi connectivity index (χ0) is 19.3. The first-order chi connectivity index (χ1) is 13.0. The van der Waals surface area contributed by atoms with E-state index in [0.29, 0.717) is 18.8 Å². The van der Waals surface area contributed by atoms with E-state index in [0.717, 1.165) is 25.7 Å². The van der Waals surface area contributed by atoms with E-state index in [2.05, 4.69) is 5.32 Å². The molecule has 150 valence electrons. The molecule has 8 heteroatoms. The number of rotatable bonds is 4. The number of carbonyl (C=O) groups is 1. The standard InChI is InChI=1S/C19H27ClN2O4S/c20-17-9-8-15(19(23)21-16-6-4-2-1-3-5-7-16)14-18(17)27(24,25)22-10-12-26-13-11-22/h8-9,14,16H,1-7,10-13H2,(H,21,23). The Balaban J connectivity index is 1.76. The highest BCUT2D eigenvalue weighted by Crippen LogP contribution is 2.27. The lowest BCUT2D eigenvalue weighted by Gasteiger charge is -2.26. The van der Waals surface area contributed by atoms with Crippen molar-refractivity contribution in [3.8, 4) is 0 Å². The zero-order valence-electron chi connectivity index (χ0n) is 15.5. The van der Waals surface area contributed by atoms with Gasteiger partial charge in [-0.15, -0.1) is 0 Å². The van der Waals surface area contributed by atoms with Gasteiger partial charge in [0.2, 0.25) is 10.0 Å². The van der Waals surface area contributed by atoms with Crippen LogP contribution < -0.4 is 5.32 Å². The van der Waals surface area contributed by atoms with Gasteiger partial charge in [-0.2, -0.15) is 4.31 Å². The van der Waals surface area contributed by atoms with Crippen LogP contribution in [0.1, 0.15) is 55.3 Å². The van der Waals surface area contributed by atoms with Gasteiger partial charge in [-0.05, 0) is 31.0 Å². The molecule has 2 fully saturated rings. The second kappa shape index (κ2) is 9.37. The maximum absolute atomic E-state index is 12.9. The number of benzene rings is 1. The summed E-state index contributed by atoms with van der Waals surface area (Å²) in [6.07, 6.45) is 7.84. The first-order valence-corrected chi connectivity index (χ1v) is 11.5. The molecule has 1 saturated carbocycles. The Morgan fingerprint density at radius 3 is 2.37 bits per heavy atom. The first-order valence-electron chi connectivity index (χ1n) is 9.67. The maximum atomic E-state index is 12.9. The number of hydrogen-bond acceptors (Lipinski definition) is 4. The van der Waals surface area contributed by atoms with E-state index in [1.54, 1.807) is 6.07 Å². The zero-order valence-corrected chi connectivity index (χ0v) is 17.0. The number of hydrogen-bond donors (Lipinski definition) is 1. The number of amides is 1. The fraction of sp³-hybridized carbons (Fsp3) is 0.632. The molecule has 6 nitrogen and oxygen atoms in total. The van der Waals surface area contributed by atoms with Gasteiger partial charge in [-0.25, -0.2) is 8.42 Å². The summed E-state index contributed by atoms with van der Waals surface area (Å²) in [7, 11) is -3.75. The monoisotopic (exact) mass is 414 g/mol. The van der Waals surface area contributed by atoms with Crippen LogP contribution in [0.15, 0.2) is 23.1 Å². The maximum Gasteiger partial charge on any atom is 0.251 e. The lowest BCUT2D eigenvalue weighted by Crippen LogP contribution is -2.41. The van der Waals surface area contributed by atoms with Crippen LogP contribution in [0, 0.1) is 0 Å². The van der Waals surface area contributed by atoms with Crippen molar-refractivity contribution in [3.63, 3.8) is 0 Å². The summed E-state index contributed by atoms with van der Waals surface area (Å²) in [5.41, 5.74) is 0.327. The number of morpholine rings is 1. The SMILES string of the molecule is O=C(NC1CCCCCCC1)c1ccc(Cl)c(S(=O)(=O)N2CCOCC2)c1. The molecular weight excluding hydrogens is 388 g/mol. The summed E-state index contributed by atoms with van der Waals surface area (Å²) in [5.74, 6) is -0.240. The number of carbonyl (C=O) groups excluding carboxylic acids is 1. The van der Waals surface area contributed by atoms with Crippen LogP contribution in [-0.2, 0) is 14.8 Å². The Morgan fingerprint density at radius 2 is 1.70 bits per heavy atom. The van der Waals surface area contributed by atoms with Gasteiger partial charge < -0.3 is 10.1 Å². The van der Waals surface area contributed by atoms with Crippen LogP contribution in [0.2, 0.25) is 5.02 Å². The van der Waals surface area contributed by atoms with Crippen molar-refractivity contribution in [3.05, 3.63) is 28.8 Å². The highest BCUT2D eigenvalue weighted by atomic mass is 35.5. The van der Waals surface area contributed by atoms with Crippen molar-refractivity contribution in [1.29, 1.82) is 0 Å². The van der Waals surface area contributed by atoms with E-state index in [-0.39, 0.29) is 35.0 Å². The van der Waals surface area contributed by atoms with Crippen molar-refractivity contribution in [2.45, 2.75) is 55.9 Å². The highest BCUT2D eigenvalue weighted by molar-refractivity contribution is 7.89. The fourth-order valence-corrected chi connectivity index (χ4v) is 5.55. The molecule has 1 aliphatic heterocycles. The van der Waals surface area contributed by atoms with E-state index < -0.39 is 10.0 Å². The Bertz CT molecular complexity index is 755. The molecule has 0 bridgehead atoms. The third-order valence-electron chi connectivity index (χ3n) is 5.22. The van der Waals surface area contributed by atoms with Gasteiger partial charge in [0, 0.05) is 24.7 Å². The van der Waals surface area contributed by atoms with Gasteiger partial charge >= 0.3 is 0 Å². The molecule has 1 N–H and O–H groups in total. The Morgan fingerprint density at radius 1 is 1.07 bits per heavy atom. The lowest BCUT2D eigenvalue weighted by atomic mass is 9.96. The summed E-state index contributed by atoms with van der Waals surface area (Å²) < 4.78 is 32.4. The van der Waals surface area contributed by atoms with Crippen LogP contribution in [0.4, 0.5) is 0 Å². The number of nitrogens with zero attached hydrogens (tertiary/aromatic N) is 1. The third-order valence-corrected chi connectivity index (χ3v) is 7.60. The molecule has 3 rings (SSSR count). The summed E-state index contributed by atoms with van der Waals surface area (Å²) in [6.45, 7) is 1.30. The van der Waals surface area contributed by atoms with Gasteiger partial charge in [-0.3, -0.25) is 4.79 Å². The van der Waals surface area contributed by atoms with Gasteiger partial charge in [-0.1, -0.05) is 43.7 Å². The van der Waals surface area contributed by atoms with Gasteiger partial charge in [0.1, 0.15) is 4.90 Å². The molecule has 0 spiro atoms. The second-order valence-electron chi connectivity index (χ2n) is 7.18. The third kappa shape index (κ3) is 5.22. The Kier molecular flexibility index (Phi) is 7.14. The Hall–Kier alpha value is -1.15. The predicted octanol–water partition coefficient (Wildman–Crippen LogP) is 3.20. The minimum Gasteiger partial charge on any atom is -0.379 e. The quantitative estimate of drug-likeness (QED) is 0.820. The van der Waals surface area contributed by atoms with Crippen LogP contribution in [-0.4, -0.2) is 51.0 Å². The number of sulfonamides is 1. The van der Waals surface area contributed by atoms with Gasteiger partial charge in [0.05, 0.1) is 18.2 Å². The van der Waals surface area contributed by atoms with Crippen LogP contribution in [0.3, 0.4) is 0 Å². The van der Waals surface area contributed by atoms with Crippen molar-refractivity contribution in [1.82, 2.24) is 9.62 Å². The highest BCUT2D eigenvalue weighted by Gasteiger charge is 2.29. The van der Waals surface area contributed by atoms with Crippen LogP contribution >= 0.6 is 11.6 Å². The molecule has 1 aromatic rings. The normalized spacial score (nSPS) is 20.6. The topological polar surface area (TPSA) is 75.7 Å². The van der Waals surface area contributed by atoms with E-state index in [9.17, 15) is 13.2 Å². The largest absolute Gasteiger partial charge is 0.379 e. The molecular formula is C19H27ClN2O4S.